The number of carbonyl (C=O) groups is 2. The minimum atomic E-state index is -0.349. The van der Waals surface area contributed by atoms with Crippen LogP contribution in [0.4, 0.5) is 8.78 Å². The lowest BCUT2D eigenvalue weighted by Crippen LogP contribution is -2.30. The smallest absolute Gasteiger partial charge is 0.277 e. The van der Waals surface area contributed by atoms with Crippen molar-refractivity contribution < 1.29 is 18.4 Å². The van der Waals surface area contributed by atoms with Crippen LogP contribution in [0.2, 0.25) is 0 Å². The maximum Gasteiger partial charge on any atom is 0.277 e. The number of benzene rings is 2. The van der Waals surface area contributed by atoms with Gasteiger partial charge in [-0.05, 0) is 59.4 Å². The van der Waals surface area contributed by atoms with Gasteiger partial charge in [-0.1, -0.05) is 145 Å². The van der Waals surface area contributed by atoms with E-state index in [0.29, 0.717) is 58.9 Å². The Balaban J connectivity index is 0.000000273. The first-order valence-electron chi connectivity index (χ1n) is 25.6. The molecule has 0 saturated carbocycles. The average molecular weight is 1040 g/mol. The molecule has 0 atom stereocenters. The van der Waals surface area contributed by atoms with Crippen molar-refractivity contribution in [2.45, 2.75) is 158 Å². The largest absolute Gasteiger partial charge is 0.355 e. The summed E-state index contributed by atoms with van der Waals surface area (Å²) < 4.78 is 29.9. The van der Waals surface area contributed by atoms with Crippen molar-refractivity contribution in [1.29, 1.82) is 0 Å². The monoisotopic (exact) mass is 1040 g/mol. The summed E-state index contributed by atoms with van der Waals surface area (Å²) in [5, 5.41) is 6.87. The summed E-state index contributed by atoms with van der Waals surface area (Å²) in [5.41, 5.74) is 3.62. The minimum absolute atomic E-state index is 0.0618. The molecule has 0 bridgehead atoms. The van der Waals surface area contributed by atoms with Gasteiger partial charge in [0, 0.05) is 85.7 Å². The van der Waals surface area contributed by atoms with Gasteiger partial charge in [0.25, 0.3) is 11.1 Å². The molecule has 4 heterocycles. The first-order chi connectivity index (χ1) is 35.6. The van der Waals surface area contributed by atoms with E-state index in [1.54, 1.807) is 70.6 Å². The molecule has 0 aliphatic carbocycles. The van der Waals surface area contributed by atoms with Crippen LogP contribution < -0.4 is 21.8 Å². The molecule has 0 saturated heterocycles. The molecule has 0 aliphatic rings. The molecule has 73 heavy (non-hydrogen) atoms. The van der Waals surface area contributed by atoms with E-state index in [1.165, 1.54) is 131 Å². The predicted octanol–water partition coefficient (Wildman–Crippen LogP) is 10.2. The summed E-state index contributed by atoms with van der Waals surface area (Å²) in [6, 6.07) is 12.4. The Hall–Kier alpha value is -6.14. The number of hydrogen-bond acceptors (Lipinski definition) is 12. The van der Waals surface area contributed by atoms with Gasteiger partial charge < -0.3 is 19.8 Å². The molecule has 390 valence electrons. The topological polar surface area (TPSA) is 180 Å². The van der Waals surface area contributed by atoms with Gasteiger partial charge in [-0.15, -0.1) is 0 Å². The number of thioether (sulfide) groups is 2. The fraction of sp³-hybridized carbons (Fsp3) is 0.455. The van der Waals surface area contributed by atoms with Crippen molar-refractivity contribution in [3.8, 4) is 0 Å². The highest BCUT2D eigenvalue weighted by Gasteiger charge is 2.16. The van der Waals surface area contributed by atoms with Crippen LogP contribution in [0.15, 0.2) is 118 Å². The predicted molar refractivity (Wildman–Crippen MR) is 285 cm³/mol. The molecular formula is C55H70F2N10O4S2. The second kappa shape index (κ2) is 33.6. The SMILES string of the molecule is CCCCCCCCCCCCNC(=O)Cn1cc(Cc2cncnc2)c(=O)nc1SCc1ccc(F)cc1.CCCCCCCNC(=O)Cn1cc(Cc2cncnc2)c(=O)nc1SCc1ccc(F)cc1. The summed E-state index contributed by atoms with van der Waals surface area (Å²) in [6.07, 6.45) is 31.6. The lowest BCUT2D eigenvalue weighted by atomic mass is 10.1. The van der Waals surface area contributed by atoms with E-state index in [1.807, 2.05) is 0 Å². The second-order valence-electron chi connectivity index (χ2n) is 17.9. The number of nitrogens with one attached hydrogen (secondary N) is 2. The van der Waals surface area contributed by atoms with Gasteiger partial charge in [0.05, 0.1) is 0 Å². The molecule has 0 unspecified atom stereocenters. The number of aromatic nitrogens is 8. The van der Waals surface area contributed by atoms with E-state index >= 15 is 0 Å². The number of rotatable bonds is 31. The molecule has 2 N–H and O–H groups in total. The molecule has 0 spiro atoms. The van der Waals surface area contributed by atoms with Crippen LogP contribution in [0, 0.1) is 11.6 Å². The first-order valence-corrected chi connectivity index (χ1v) is 27.5. The molecule has 6 rings (SSSR count). The summed E-state index contributed by atoms with van der Waals surface area (Å²) in [4.78, 5) is 75.5. The van der Waals surface area contributed by atoms with Gasteiger partial charge in [-0.2, -0.15) is 9.97 Å². The summed E-state index contributed by atoms with van der Waals surface area (Å²) in [5.74, 6) is 0.153. The Morgan fingerprint density at radius 2 is 0.836 bits per heavy atom. The van der Waals surface area contributed by atoms with Crippen LogP contribution in [-0.4, -0.2) is 63.9 Å². The van der Waals surface area contributed by atoms with E-state index in [9.17, 15) is 28.0 Å². The van der Waals surface area contributed by atoms with Gasteiger partial charge in [0.15, 0.2) is 10.3 Å². The van der Waals surface area contributed by atoms with Crippen molar-refractivity contribution in [2.24, 2.45) is 0 Å². The highest BCUT2D eigenvalue weighted by molar-refractivity contribution is 7.98. The van der Waals surface area contributed by atoms with Crippen LogP contribution in [-0.2, 0) is 47.0 Å². The molecule has 18 heteroatoms. The molecule has 6 aromatic rings. The van der Waals surface area contributed by atoms with Gasteiger partial charge in [0.1, 0.15) is 37.4 Å². The highest BCUT2D eigenvalue weighted by atomic mass is 32.2. The third kappa shape index (κ3) is 22.7. The standard InChI is InChI=1S/C30H40FN5O2S.C25H30FN5O2S/c1-2-3-4-5-6-7-8-9-10-11-16-34-28(37)21-36-20-26(17-25-18-32-23-33-19-25)29(38)35-30(36)39-22-24-12-14-27(31)15-13-24;1-2-3-4-5-6-11-29-23(32)16-31-15-21(12-20-13-27-18-28-14-20)24(33)30-25(31)34-17-19-7-9-22(26)10-8-19/h12-15,18-20,23H,2-11,16-17,21-22H2,1H3,(H,34,37);7-10,13-15,18H,2-6,11-12,16-17H2,1H3,(H,29,32). The third-order valence-electron chi connectivity index (χ3n) is 11.7. The Kier molecular flexibility index (Phi) is 26.6. The zero-order chi connectivity index (χ0) is 51.9. The summed E-state index contributed by atoms with van der Waals surface area (Å²) >= 11 is 2.69. The molecule has 2 aromatic carbocycles. The van der Waals surface area contributed by atoms with Crippen LogP contribution in [0.1, 0.15) is 144 Å². The lowest BCUT2D eigenvalue weighted by Gasteiger charge is -2.14. The first kappa shape index (κ1) is 57.8. The van der Waals surface area contributed by atoms with Crippen molar-refractivity contribution in [3.63, 3.8) is 0 Å². The molecule has 0 radical (unpaired) electrons. The maximum atomic E-state index is 13.3. The van der Waals surface area contributed by atoms with Gasteiger partial charge >= 0.3 is 0 Å². The Labute approximate surface area is 436 Å². The van der Waals surface area contributed by atoms with E-state index in [2.05, 4.69) is 54.4 Å². The highest BCUT2D eigenvalue weighted by Crippen LogP contribution is 2.23. The fourth-order valence-electron chi connectivity index (χ4n) is 7.70. The van der Waals surface area contributed by atoms with Crippen molar-refractivity contribution in [3.05, 3.63) is 164 Å². The third-order valence-corrected chi connectivity index (χ3v) is 13.8. The van der Waals surface area contributed by atoms with E-state index in [-0.39, 0.29) is 47.7 Å². The number of nitrogens with zero attached hydrogens (tertiary/aromatic N) is 8. The number of hydrogen-bond donors (Lipinski definition) is 2. The molecule has 2 amide bonds. The second-order valence-corrected chi connectivity index (χ2v) is 19.8. The quantitative estimate of drug-likeness (QED) is 0.0239. The van der Waals surface area contributed by atoms with Crippen LogP contribution >= 0.6 is 23.5 Å². The van der Waals surface area contributed by atoms with Gasteiger partial charge in [0.2, 0.25) is 11.8 Å². The van der Waals surface area contributed by atoms with Crippen LogP contribution in [0.3, 0.4) is 0 Å². The van der Waals surface area contributed by atoms with E-state index in [0.717, 1.165) is 47.9 Å². The maximum absolute atomic E-state index is 13.3. The minimum Gasteiger partial charge on any atom is -0.355 e. The number of amides is 2. The number of unbranched alkanes of at least 4 members (excludes halogenated alkanes) is 13. The summed E-state index contributed by atoms with van der Waals surface area (Å²) in [7, 11) is 0. The van der Waals surface area contributed by atoms with E-state index < -0.39 is 0 Å². The Morgan fingerprint density at radius 1 is 0.493 bits per heavy atom. The van der Waals surface area contributed by atoms with Crippen molar-refractivity contribution >= 4 is 35.3 Å². The van der Waals surface area contributed by atoms with Gasteiger partial charge in [-0.25, -0.2) is 28.7 Å². The Bertz CT molecular complexity index is 2660. The number of carbonyl (C=O) groups excluding carboxylic acids is 2. The fourth-order valence-corrected chi connectivity index (χ4v) is 9.54. The molecule has 0 aliphatic heterocycles. The zero-order valence-electron chi connectivity index (χ0n) is 42.3. The Morgan fingerprint density at radius 3 is 1.19 bits per heavy atom. The molecular weight excluding hydrogens is 967 g/mol. The van der Waals surface area contributed by atoms with Crippen LogP contribution in [0.25, 0.3) is 0 Å². The average Bonchev–Trinajstić information content (AvgIpc) is 3.39. The molecule has 14 nitrogen and oxygen atoms in total. The van der Waals surface area contributed by atoms with E-state index in [4.69, 9.17) is 0 Å². The number of halogens is 2. The van der Waals surface area contributed by atoms with Gasteiger partial charge in [-0.3, -0.25) is 19.2 Å². The van der Waals surface area contributed by atoms with Crippen LogP contribution in [0.5, 0.6) is 0 Å². The normalized spacial score (nSPS) is 11.0. The molecule has 0 fully saturated rings. The lowest BCUT2D eigenvalue weighted by molar-refractivity contribution is -0.122. The van der Waals surface area contributed by atoms with Crippen molar-refractivity contribution in [1.82, 2.24) is 49.7 Å². The molecule has 4 aromatic heterocycles. The van der Waals surface area contributed by atoms with Crippen molar-refractivity contribution in [2.75, 3.05) is 13.1 Å². The summed E-state index contributed by atoms with van der Waals surface area (Å²) in [6.45, 7) is 5.80. The zero-order valence-corrected chi connectivity index (χ0v) is 43.9.